The van der Waals surface area contributed by atoms with Crippen molar-refractivity contribution in [2.45, 2.75) is 38.6 Å². The normalized spacial score (nSPS) is 23.7. The molecule has 2 aliphatic rings. The summed E-state index contributed by atoms with van der Waals surface area (Å²) in [6, 6.07) is 9.11. The van der Waals surface area contributed by atoms with Crippen molar-refractivity contribution in [1.82, 2.24) is 0 Å². The van der Waals surface area contributed by atoms with Crippen LogP contribution >= 0.6 is 0 Å². The van der Waals surface area contributed by atoms with Gasteiger partial charge in [-0.25, -0.2) is 4.90 Å². The number of nitrogens with zero attached hydrogens (tertiary/aromatic N) is 1. The summed E-state index contributed by atoms with van der Waals surface area (Å²) in [5, 5.41) is 0. The standard InChI is InChI=1S/C17H22N2O2/c1-2-10-18(12-13-8-9-13)15-11-16(20)19(17(15)21)14-6-4-3-5-7-14/h3-7,13,15H,2,8-12H2,1H3/p+1/t15-/m1/s1. The zero-order valence-corrected chi connectivity index (χ0v) is 12.5. The average Bonchev–Trinajstić information content (AvgIpc) is 3.24. The van der Waals surface area contributed by atoms with Crippen LogP contribution in [0.5, 0.6) is 0 Å². The maximum absolute atomic E-state index is 12.7. The number of nitrogens with one attached hydrogen (secondary N) is 1. The molecule has 4 nitrogen and oxygen atoms in total. The number of hydrogen-bond donors (Lipinski definition) is 1. The van der Waals surface area contributed by atoms with Gasteiger partial charge in [-0.1, -0.05) is 25.1 Å². The van der Waals surface area contributed by atoms with Crippen LogP contribution in [0.15, 0.2) is 30.3 Å². The van der Waals surface area contributed by atoms with Crippen LogP contribution in [0.3, 0.4) is 0 Å². The van der Waals surface area contributed by atoms with E-state index in [1.165, 1.54) is 22.6 Å². The SMILES string of the molecule is CCC[NH+](CC1CC1)[C@@H]1CC(=O)N(c2ccccc2)C1=O. The van der Waals surface area contributed by atoms with Gasteiger partial charge in [-0.15, -0.1) is 0 Å². The number of para-hydroxylation sites is 1. The van der Waals surface area contributed by atoms with E-state index in [1.807, 2.05) is 30.3 Å². The molecule has 1 aromatic rings. The Morgan fingerprint density at radius 3 is 2.52 bits per heavy atom. The number of anilines is 1. The van der Waals surface area contributed by atoms with Gasteiger partial charge in [0.15, 0.2) is 6.04 Å². The average molecular weight is 287 g/mol. The van der Waals surface area contributed by atoms with Crippen molar-refractivity contribution < 1.29 is 14.5 Å². The van der Waals surface area contributed by atoms with E-state index < -0.39 is 0 Å². The highest BCUT2D eigenvalue weighted by molar-refractivity contribution is 6.21. The molecule has 1 unspecified atom stereocenters. The summed E-state index contributed by atoms with van der Waals surface area (Å²) >= 11 is 0. The maximum Gasteiger partial charge on any atom is 0.292 e. The molecule has 2 atom stereocenters. The third-order valence-corrected chi connectivity index (χ3v) is 4.47. The molecule has 0 aromatic heterocycles. The molecule has 3 rings (SSSR count). The van der Waals surface area contributed by atoms with E-state index >= 15 is 0 Å². The van der Waals surface area contributed by atoms with Crippen LogP contribution < -0.4 is 9.80 Å². The van der Waals surface area contributed by atoms with E-state index in [-0.39, 0.29) is 17.9 Å². The Labute approximate surface area is 125 Å². The monoisotopic (exact) mass is 287 g/mol. The van der Waals surface area contributed by atoms with Crippen molar-refractivity contribution in [3.05, 3.63) is 30.3 Å². The lowest BCUT2D eigenvalue weighted by Gasteiger charge is -2.24. The maximum atomic E-state index is 12.7. The largest absolute Gasteiger partial charge is 0.324 e. The first kappa shape index (κ1) is 14.3. The van der Waals surface area contributed by atoms with Gasteiger partial charge in [-0.2, -0.15) is 0 Å². The van der Waals surface area contributed by atoms with Crippen LogP contribution in [-0.4, -0.2) is 30.9 Å². The molecule has 2 amide bonds. The molecule has 1 N–H and O–H groups in total. The zero-order valence-electron chi connectivity index (χ0n) is 12.5. The molecule has 0 spiro atoms. The van der Waals surface area contributed by atoms with E-state index in [9.17, 15) is 9.59 Å². The van der Waals surface area contributed by atoms with Gasteiger partial charge in [0.25, 0.3) is 5.91 Å². The summed E-state index contributed by atoms with van der Waals surface area (Å²) in [4.78, 5) is 27.7. The quantitative estimate of drug-likeness (QED) is 0.794. The summed E-state index contributed by atoms with van der Waals surface area (Å²) in [6.45, 7) is 4.16. The van der Waals surface area contributed by atoms with E-state index in [2.05, 4.69) is 6.92 Å². The third-order valence-electron chi connectivity index (χ3n) is 4.47. The van der Waals surface area contributed by atoms with Crippen LogP contribution in [0, 0.1) is 5.92 Å². The number of hydrogen-bond acceptors (Lipinski definition) is 2. The highest BCUT2D eigenvalue weighted by Gasteiger charge is 2.46. The fourth-order valence-electron chi connectivity index (χ4n) is 3.23. The molecular formula is C17H23N2O2+. The molecule has 1 saturated heterocycles. The number of amides is 2. The Morgan fingerprint density at radius 2 is 1.90 bits per heavy atom. The van der Waals surface area contributed by atoms with Crippen LogP contribution in [0.4, 0.5) is 5.69 Å². The molecule has 1 aliphatic heterocycles. The molecule has 1 heterocycles. The molecule has 21 heavy (non-hydrogen) atoms. The fourth-order valence-corrected chi connectivity index (χ4v) is 3.23. The van der Waals surface area contributed by atoms with Crippen molar-refractivity contribution in [1.29, 1.82) is 0 Å². The predicted octanol–water partition coefficient (Wildman–Crippen LogP) is 1.02. The lowest BCUT2D eigenvalue weighted by atomic mass is 10.2. The molecular weight excluding hydrogens is 264 g/mol. The molecule has 1 aliphatic carbocycles. The first-order valence-corrected chi connectivity index (χ1v) is 7.97. The first-order valence-electron chi connectivity index (χ1n) is 7.97. The lowest BCUT2D eigenvalue weighted by molar-refractivity contribution is -0.916. The smallest absolute Gasteiger partial charge is 0.292 e. The molecule has 1 aromatic carbocycles. The Bertz CT molecular complexity index is 525. The Kier molecular flexibility index (Phi) is 4.06. The van der Waals surface area contributed by atoms with E-state index in [4.69, 9.17) is 0 Å². The van der Waals surface area contributed by atoms with Gasteiger partial charge in [0.2, 0.25) is 5.91 Å². The van der Waals surface area contributed by atoms with Gasteiger partial charge >= 0.3 is 0 Å². The number of imide groups is 1. The molecule has 1 saturated carbocycles. The zero-order chi connectivity index (χ0) is 14.8. The number of carbonyl (C=O) groups excluding carboxylic acids is 2. The summed E-state index contributed by atoms with van der Waals surface area (Å²) in [6.07, 6.45) is 3.97. The topological polar surface area (TPSA) is 41.8 Å². The molecule has 4 heteroatoms. The molecule has 2 fully saturated rings. The Balaban J connectivity index is 1.78. The first-order chi connectivity index (χ1) is 10.2. The van der Waals surface area contributed by atoms with Crippen LogP contribution in [0.25, 0.3) is 0 Å². The van der Waals surface area contributed by atoms with Crippen LogP contribution in [0.1, 0.15) is 32.6 Å². The summed E-state index contributed by atoms with van der Waals surface area (Å²) in [7, 11) is 0. The lowest BCUT2D eigenvalue weighted by Crippen LogP contribution is -3.17. The van der Waals surface area contributed by atoms with E-state index in [0.29, 0.717) is 12.1 Å². The Hall–Kier alpha value is -1.68. The number of quaternary nitrogens is 1. The fraction of sp³-hybridized carbons (Fsp3) is 0.529. The van der Waals surface area contributed by atoms with Gasteiger partial charge in [-0.05, 0) is 31.4 Å². The van der Waals surface area contributed by atoms with E-state index in [0.717, 1.165) is 25.4 Å². The minimum Gasteiger partial charge on any atom is -0.324 e. The second-order valence-corrected chi connectivity index (χ2v) is 6.22. The minimum absolute atomic E-state index is 0.0182. The highest BCUT2D eigenvalue weighted by atomic mass is 16.2. The third kappa shape index (κ3) is 3.00. The van der Waals surface area contributed by atoms with Crippen LogP contribution in [0.2, 0.25) is 0 Å². The number of benzene rings is 1. The Morgan fingerprint density at radius 1 is 1.19 bits per heavy atom. The number of rotatable bonds is 6. The van der Waals surface area contributed by atoms with Gasteiger partial charge in [0.1, 0.15) is 0 Å². The summed E-state index contributed by atoms with van der Waals surface area (Å²) < 4.78 is 0. The van der Waals surface area contributed by atoms with Gasteiger partial charge in [0, 0.05) is 5.92 Å². The van der Waals surface area contributed by atoms with Gasteiger partial charge in [0.05, 0.1) is 25.2 Å². The molecule has 112 valence electrons. The summed E-state index contributed by atoms with van der Waals surface area (Å²) in [5.41, 5.74) is 0.706. The minimum atomic E-state index is -0.182. The van der Waals surface area contributed by atoms with Gasteiger partial charge in [-0.3, -0.25) is 9.59 Å². The van der Waals surface area contributed by atoms with Crippen molar-refractivity contribution in [2.24, 2.45) is 5.92 Å². The van der Waals surface area contributed by atoms with Gasteiger partial charge < -0.3 is 4.90 Å². The molecule has 0 radical (unpaired) electrons. The highest BCUT2D eigenvalue weighted by Crippen LogP contribution is 2.27. The predicted molar refractivity (Wildman–Crippen MR) is 81.1 cm³/mol. The second kappa shape index (κ2) is 5.98. The number of carbonyl (C=O) groups is 2. The van der Waals surface area contributed by atoms with Crippen LogP contribution in [-0.2, 0) is 9.59 Å². The van der Waals surface area contributed by atoms with Crippen molar-refractivity contribution in [2.75, 3.05) is 18.0 Å². The molecule has 0 bridgehead atoms. The second-order valence-electron chi connectivity index (χ2n) is 6.22. The van der Waals surface area contributed by atoms with Crippen molar-refractivity contribution in [3.8, 4) is 0 Å². The van der Waals surface area contributed by atoms with E-state index in [1.54, 1.807) is 0 Å². The summed E-state index contributed by atoms with van der Waals surface area (Å²) in [5.74, 6) is 0.691. The van der Waals surface area contributed by atoms with Crippen molar-refractivity contribution in [3.63, 3.8) is 0 Å². The van der Waals surface area contributed by atoms with Crippen molar-refractivity contribution >= 4 is 17.5 Å².